The van der Waals surface area contributed by atoms with Gasteiger partial charge in [-0.2, -0.15) is 0 Å². The fourth-order valence-electron chi connectivity index (χ4n) is 8.79. The van der Waals surface area contributed by atoms with Gasteiger partial charge in [0.05, 0.1) is 26.4 Å². The minimum absolute atomic E-state index is 0.184. The lowest BCUT2D eigenvalue weighted by atomic mass is 9.46. The molecule has 5 fully saturated rings. The Balaban J connectivity index is 1.31. The Hall–Kier alpha value is -0.750. The van der Waals surface area contributed by atoms with Crippen molar-refractivity contribution in [2.75, 3.05) is 26.4 Å². The zero-order valence-corrected chi connectivity index (χ0v) is 18.5. The molecule has 0 N–H and O–H groups in total. The number of hydrogen-bond donors (Lipinski definition) is 0. The summed E-state index contributed by atoms with van der Waals surface area (Å²) in [5.74, 6) is 0.940. The molecule has 0 bridgehead atoms. The van der Waals surface area contributed by atoms with Gasteiger partial charge >= 0.3 is 0 Å². The van der Waals surface area contributed by atoms with E-state index in [1.165, 1.54) is 6.29 Å². The van der Waals surface area contributed by atoms with Gasteiger partial charge < -0.3 is 23.7 Å². The molecule has 0 unspecified atom stereocenters. The predicted molar refractivity (Wildman–Crippen MR) is 111 cm³/mol. The number of aldehydes is 1. The van der Waals surface area contributed by atoms with Gasteiger partial charge in [-0.3, -0.25) is 0 Å². The van der Waals surface area contributed by atoms with Crippen molar-refractivity contribution < 1.29 is 23.7 Å². The van der Waals surface area contributed by atoms with Crippen LogP contribution in [-0.2, 0) is 23.7 Å². The summed E-state index contributed by atoms with van der Waals surface area (Å²) < 4.78 is 24.3. The number of allylic oxidation sites excluding steroid dienone is 1. The molecular weight excluding hydrogens is 380 g/mol. The third kappa shape index (κ3) is 2.52. The summed E-state index contributed by atoms with van der Waals surface area (Å²) in [7, 11) is 0. The number of ether oxygens (including phenoxy) is 4. The van der Waals surface area contributed by atoms with Crippen LogP contribution in [0.2, 0.25) is 0 Å². The van der Waals surface area contributed by atoms with Crippen LogP contribution in [-0.4, -0.2) is 44.3 Å². The van der Waals surface area contributed by atoms with Gasteiger partial charge in [0.2, 0.25) is 0 Å². The van der Waals surface area contributed by atoms with Crippen molar-refractivity contribution in [1.82, 2.24) is 0 Å². The molecule has 3 saturated carbocycles. The van der Waals surface area contributed by atoms with E-state index >= 15 is 0 Å². The van der Waals surface area contributed by atoms with Crippen molar-refractivity contribution in [3.05, 3.63) is 11.6 Å². The normalized spacial score (nSPS) is 48.7. The van der Waals surface area contributed by atoms with Crippen LogP contribution >= 0.6 is 0 Å². The van der Waals surface area contributed by atoms with Gasteiger partial charge in [-0.05, 0) is 68.6 Å². The Bertz CT molecular complexity index is 749. The van der Waals surface area contributed by atoms with Crippen LogP contribution in [0.25, 0.3) is 0 Å². The van der Waals surface area contributed by atoms with Gasteiger partial charge in [0.15, 0.2) is 11.6 Å². The van der Waals surface area contributed by atoms with Crippen LogP contribution < -0.4 is 0 Å². The van der Waals surface area contributed by atoms with Gasteiger partial charge in [0.25, 0.3) is 0 Å². The van der Waals surface area contributed by atoms with Crippen molar-refractivity contribution in [3.63, 3.8) is 0 Å². The van der Waals surface area contributed by atoms with E-state index in [4.69, 9.17) is 18.9 Å². The summed E-state index contributed by atoms with van der Waals surface area (Å²) >= 11 is 0. The van der Waals surface area contributed by atoms with Crippen molar-refractivity contribution in [3.8, 4) is 0 Å². The number of rotatable bonds is 2. The molecule has 6 atom stereocenters. The molecule has 2 saturated heterocycles. The average Bonchev–Trinajstić information content (AvgIpc) is 3.48. The average molecular weight is 417 g/mol. The second-order valence-electron chi connectivity index (χ2n) is 11.2. The maximum Gasteiger partial charge on any atom is 0.172 e. The van der Waals surface area contributed by atoms with Crippen LogP contribution in [0.15, 0.2) is 11.6 Å². The van der Waals surface area contributed by atoms with E-state index in [0.29, 0.717) is 31.0 Å². The molecule has 0 radical (unpaired) electrons. The zero-order chi connectivity index (χ0) is 20.6. The lowest BCUT2D eigenvalue weighted by molar-refractivity contribution is -0.215. The van der Waals surface area contributed by atoms with Crippen LogP contribution in [0.3, 0.4) is 0 Å². The maximum absolute atomic E-state index is 12.7. The highest BCUT2D eigenvalue weighted by Gasteiger charge is 2.65. The molecule has 0 amide bonds. The first-order valence-corrected chi connectivity index (χ1v) is 12.2. The van der Waals surface area contributed by atoms with E-state index in [2.05, 4.69) is 19.9 Å². The molecule has 1 spiro atoms. The molecule has 30 heavy (non-hydrogen) atoms. The molecule has 4 aliphatic carbocycles. The lowest BCUT2D eigenvalue weighted by Gasteiger charge is -2.59. The molecule has 166 valence electrons. The third-order valence-corrected chi connectivity index (χ3v) is 10.2. The van der Waals surface area contributed by atoms with Crippen molar-refractivity contribution in [2.45, 2.75) is 76.8 Å². The maximum atomic E-state index is 12.7. The zero-order valence-electron chi connectivity index (χ0n) is 18.5. The largest absolute Gasteiger partial charge is 0.347 e. The SMILES string of the molecule is CC1([C@H]2CC[C@H]3[C@@H]4CC=C5CC6(CC[C@]5(C)[C@H]4CC[C@]23C=O)OCCO6)OCCO1. The molecule has 5 heteroatoms. The van der Waals surface area contributed by atoms with Gasteiger partial charge in [-0.25, -0.2) is 0 Å². The first kappa shape index (κ1) is 19.9. The highest BCUT2D eigenvalue weighted by atomic mass is 16.7. The molecule has 5 nitrogen and oxygen atoms in total. The minimum atomic E-state index is -0.587. The second-order valence-corrected chi connectivity index (χ2v) is 11.2. The van der Waals surface area contributed by atoms with Crippen molar-refractivity contribution >= 4 is 6.29 Å². The summed E-state index contributed by atoms with van der Waals surface area (Å²) in [6.07, 6.45) is 12.3. The molecule has 0 aromatic rings. The van der Waals surface area contributed by atoms with Gasteiger partial charge in [0.1, 0.15) is 6.29 Å². The number of carbonyl (C=O) groups is 1. The first-order valence-electron chi connectivity index (χ1n) is 12.2. The Morgan fingerprint density at radius 3 is 2.37 bits per heavy atom. The number of carbonyl (C=O) groups excluding carboxylic acids is 1. The van der Waals surface area contributed by atoms with E-state index in [-0.39, 0.29) is 22.5 Å². The van der Waals surface area contributed by atoms with Crippen LogP contribution in [0.5, 0.6) is 0 Å². The van der Waals surface area contributed by atoms with Crippen molar-refractivity contribution in [1.29, 1.82) is 0 Å². The van der Waals surface area contributed by atoms with Crippen molar-refractivity contribution in [2.24, 2.45) is 34.5 Å². The Kier molecular flexibility index (Phi) is 4.40. The van der Waals surface area contributed by atoms with E-state index in [1.54, 1.807) is 5.57 Å². The third-order valence-electron chi connectivity index (χ3n) is 10.2. The van der Waals surface area contributed by atoms with Crippen LogP contribution in [0, 0.1) is 34.5 Å². The van der Waals surface area contributed by atoms with Crippen LogP contribution in [0.1, 0.15) is 65.2 Å². The Morgan fingerprint density at radius 1 is 0.900 bits per heavy atom. The lowest BCUT2D eigenvalue weighted by Crippen LogP contribution is -2.55. The Morgan fingerprint density at radius 2 is 1.63 bits per heavy atom. The summed E-state index contributed by atoms with van der Waals surface area (Å²) in [6, 6.07) is 0. The van der Waals surface area contributed by atoms with Crippen LogP contribution in [0.4, 0.5) is 0 Å². The number of fused-ring (bicyclic) bond motifs is 5. The summed E-state index contributed by atoms with van der Waals surface area (Å²) in [5, 5.41) is 0. The molecular formula is C25H36O5. The fraction of sp³-hybridized carbons (Fsp3) is 0.880. The number of hydrogen-bond acceptors (Lipinski definition) is 5. The summed E-state index contributed by atoms with van der Waals surface area (Å²) in [6.45, 7) is 7.31. The fourth-order valence-corrected chi connectivity index (χ4v) is 8.79. The topological polar surface area (TPSA) is 54.0 Å². The second kappa shape index (κ2) is 6.63. The predicted octanol–water partition coefficient (Wildman–Crippen LogP) is 4.25. The smallest absolute Gasteiger partial charge is 0.172 e. The minimum Gasteiger partial charge on any atom is -0.347 e. The van der Waals surface area contributed by atoms with E-state index < -0.39 is 5.79 Å². The van der Waals surface area contributed by atoms with Gasteiger partial charge in [-0.1, -0.05) is 18.6 Å². The van der Waals surface area contributed by atoms with Gasteiger partial charge in [0, 0.05) is 24.2 Å². The molecule has 6 rings (SSSR count). The van der Waals surface area contributed by atoms with E-state index in [0.717, 1.165) is 64.6 Å². The molecule has 0 aromatic carbocycles. The molecule has 6 aliphatic rings. The van der Waals surface area contributed by atoms with E-state index in [1.807, 2.05) is 0 Å². The van der Waals surface area contributed by atoms with E-state index in [9.17, 15) is 4.79 Å². The summed E-state index contributed by atoms with van der Waals surface area (Å²) in [5.41, 5.74) is 1.50. The molecule has 0 aromatic heterocycles. The Labute approximate surface area is 179 Å². The molecule has 2 heterocycles. The quantitative estimate of drug-likeness (QED) is 0.498. The van der Waals surface area contributed by atoms with Gasteiger partial charge in [-0.15, -0.1) is 0 Å². The highest BCUT2D eigenvalue weighted by molar-refractivity contribution is 5.62. The monoisotopic (exact) mass is 416 g/mol. The summed E-state index contributed by atoms with van der Waals surface area (Å²) in [4.78, 5) is 12.7. The highest BCUT2D eigenvalue weighted by Crippen LogP contribution is 2.68. The standard InChI is InChI=1S/C25H36O5/c1-22-9-10-25(29-13-14-30-25)15-17(22)3-4-18-19(22)7-8-24(16-26)20(18)5-6-21(24)23(2)27-11-12-28-23/h3,16,18-21H,4-15H2,1-2H3/t18-,19+,20+,21-,22+,24-/m1/s1. The molecule has 2 aliphatic heterocycles. The first-order chi connectivity index (χ1) is 14.4.